The number of aliphatic carboxylic acids is 1. The standard InChI is InChI=1S/C29H23N3O7S/c1-3-37-29(35)27-25(18-10-9-17(36-2)13-23(18)38-15-24(33)34)28-26(19-6-4-5-7-22(19)39-28)32(27)14-16-8-11-20-21(12-16)31-40-30-20/h4-13H,3,14-15H2,1-2H3,(H,33,34). The van der Waals surface area contributed by atoms with Crippen LogP contribution in [0, 0.1) is 0 Å². The van der Waals surface area contributed by atoms with Crippen molar-refractivity contribution in [3.8, 4) is 22.6 Å². The Balaban J connectivity index is 1.66. The summed E-state index contributed by atoms with van der Waals surface area (Å²) in [6.07, 6.45) is 0. The molecule has 0 amide bonds. The molecule has 0 aliphatic rings. The summed E-state index contributed by atoms with van der Waals surface area (Å²) < 4.78 is 33.5. The van der Waals surface area contributed by atoms with Gasteiger partial charge in [-0.2, -0.15) is 8.75 Å². The van der Waals surface area contributed by atoms with Crippen LogP contribution in [0.2, 0.25) is 0 Å². The minimum Gasteiger partial charge on any atom is -0.497 e. The summed E-state index contributed by atoms with van der Waals surface area (Å²) in [5, 5.41) is 10.1. The van der Waals surface area contributed by atoms with Crippen LogP contribution in [0.3, 0.4) is 0 Å². The van der Waals surface area contributed by atoms with Gasteiger partial charge in [-0.05, 0) is 48.9 Å². The minimum absolute atomic E-state index is 0.160. The number of hydrogen-bond acceptors (Lipinski definition) is 9. The first kappa shape index (κ1) is 25.4. The van der Waals surface area contributed by atoms with Crippen LogP contribution >= 0.6 is 11.7 Å². The number of hydrogen-bond donors (Lipinski definition) is 1. The average Bonchev–Trinajstić information content (AvgIpc) is 3.65. The Morgan fingerprint density at radius 1 is 1.05 bits per heavy atom. The van der Waals surface area contributed by atoms with Crippen molar-refractivity contribution in [2.24, 2.45) is 0 Å². The molecule has 10 nitrogen and oxygen atoms in total. The van der Waals surface area contributed by atoms with E-state index in [0.29, 0.717) is 40.1 Å². The Labute approximate surface area is 231 Å². The predicted octanol–water partition coefficient (Wildman–Crippen LogP) is 5.76. The average molecular weight is 558 g/mol. The number of rotatable bonds is 9. The van der Waals surface area contributed by atoms with Gasteiger partial charge in [-0.25, -0.2) is 9.59 Å². The first-order valence-corrected chi connectivity index (χ1v) is 13.2. The van der Waals surface area contributed by atoms with Gasteiger partial charge in [0.25, 0.3) is 0 Å². The monoisotopic (exact) mass is 557 g/mol. The number of esters is 1. The molecule has 3 aromatic heterocycles. The number of carbonyl (C=O) groups is 2. The smallest absolute Gasteiger partial charge is 0.355 e. The summed E-state index contributed by atoms with van der Waals surface area (Å²) >= 11 is 1.14. The van der Waals surface area contributed by atoms with E-state index in [9.17, 15) is 14.7 Å². The summed E-state index contributed by atoms with van der Waals surface area (Å²) in [5.74, 6) is -1.00. The van der Waals surface area contributed by atoms with Crippen molar-refractivity contribution in [3.05, 3.63) is 71.9 Å². The van der Waals surface area contributed by atoms with E-state index in [0.717, 1.165) is 33.7 Å². The van der Waals surface area contributed by atoms with E-state index >= 15 is 0 Å². The van der Waals surface area contributed by atoms with Gasteiger partial charge in [0.2, 0.25) is 0 Å². The molecule has 11 heteroatoms. The van der Waals surface area contributed by atoms with E-state index in [2.05, 4.69) is 8.75 Å². The highest BCUT2D eigenvalue weighted by Gasteiger charge is 2.31. The summed E-state index contributed by atoms with van der Waals surface area (Å²) in [4.78, 5) is 25.0. The molecule has 0 bridgehead atoms. The predicted molar refractivity (Wildman–Crippen MR) is 149 cm³/mol. The number of benzene rings is 3. The number of ether oxygens (including phenoxy) is 3. The first-order valence-electron chi connectivity index (χ1n) is 12.4. The van der Waals surface area contributed by atoms with Crippen LogP contribution < -0.4 is 9.47 Å². The quantitative estimate of drug-likeness (QED) is 0.221. The molecule has 6 rings (SSSR count). The number of aromatic nitrogens is 3. The van der Waals surface area contributed by atoms with Gasteiger partial charge in [0.05, 0.1) is 36.5 Å². The lowest BCUT2D eigenvalue weighted by Gasteiger charge is -2.15. The molecular formula is C29H23N3O7S. The topological polar surface area (TPSA) is 126 Å². The van der Waals surface area contributed by atoms with Gasteiger partial charge in [0, 0.05) is 23.6 Å². The second-order valence-corrected chi connectivity index (χ2v) is 9.47. The number of nitrogens with zero attached hydrogens (tertiary/aromatic N) is 3. The molecule has 0 fully saturated rings. The fourth-order valence-corrected chi connectivity index (χ4v) is 5.36. The van der Waals surface area contributed by atoms with Crippen LogP contribution in [0.25, 0.3) is 44.2 Å². The second-order valence-electron chi connectivity index (χ2n) is 8.94. The SMILES string of the molecule is CCOC(=O)c1c(-c2ccc(OC)cc2OCC(=O)O)c2oc3ccccc3c2n1Cc1ccc2nsnc2c1. The zero-order valence-corrected chi connectivity index (χ0v) is 22.4. The first-order chi connectivity index (χ1) is 19.5. The molecule has 0 unspecified atom stereocenters. The summed E-state index contributed by atoms with van der Waals surface area (Å²) in [6, 6.07) is 18.4. The zero-order valence-electron chi connectivity index (χ0n) is 21.5. The van der Waals surface area contributed by atoms with Crippen molar-refractivity contribution in [1.82, 2.24) is 13.3 Å². The summed E-state index contributed by atoms with van der Waals surface area (Å²) in [7, 11) is 1.50. The molecule has 0 radical (unpaired) electrons. The number of furan rings is 1. The number of carboxylic acids is 1. The number of methoxy groups -OCH3 is 1. The molecule has 3 heterocycles. The fraction of sp³-hybridized carbons (Fsp3) is 0.172. The molecule has 202 valence electrons. The normalized spacial score (nSPS) is 11.3. The lowest BCUT2D eigenvalue weighted by atomic mass is 10.0. The van der Waals surface area contributed by atoms with Crippen molar-refractivity contribution in [2.75, 3.05) is 20.3 Å². The van der Waals surface area contributed by atoms with E-state index in [-0.39, 0.29) is 18.1 Å². The van der Waals surface area contributed by atoms with Crippen molar-refractivity contribution < 1.29 is 33.3 Å². The van der Waals surface area contributed by atoms with Crippen LogP contribution in [0.1, 0.15) is 23.0 Å². The van der Waals surface area contributed by atoms with Crippen molar-refractivity contribution in [2.45, 2.75) is 13.5 Å². The van der Waals surface area contributed by atoms with Gasteiger partial charge in [-0.3, -0.25) is 0 Å². The van der Waals surface area contributed by atoms with E-state index in [1.807, 2.05) is 47.0 Å². The highest BCUT2D eigenvalue weighted by molar-refractivity contribution is 7.00. The van der Waals surface area contributed by atoms with Crippen molar-refractivity contribution in [1.29, 1.82) is 0 Å². The molecule has 0 aliphatic heterocycles. The molecule has 0 aliphatic carbocycles. The van der Waals surface area contributed by atoms with Gasteiger partial charge < -0.3 is 28.3 Å². The summed E-state index contributed by atoms with van der Waals surface area (Å²) in [5.41, 5.74) is 5.40. The third kappa shape index (κ3) is 4.39. The van der Waals surface area contributed by atoms with Crippen LogP contribution in [0.4, 0.5) is 0 Å². The second kappa shape index (κ2) is 10.3. The van der Waals surface area contributed by atoms with E-state index in [1.54, 1.807) is 25.1 Å². The maximum atomic E-state index is 13.7. The van der Waals surface area contributed by atoms with Crippen molar-refractivity contribution in [3.63, 3.8) is 0 Å². The Bertz CT molecular complexity index is 1900. The fourth-order valence-electron chi connectivity index (χ4n) is 4.85. The number of carboxylic acid groups (broad SMARTS) is 1. The largest absolute Gasteiger partial charge is 0.497 e. The minimum atomic E-state index is -1.14. The maximum Gasteiger partial charge on any atom is 0.355 e. The van der Waals surface area contributed by atoms with Crippen LogP contribution in [0.15, 0.2) is 65.1 Å². The van der Waals surface area contributed by atoms with Crippen LogP contribution in [-0.4, -0.2) is 50.7 Å². The molecule has 1 N–H and O–H groups in total. The molecule has 40 heavy (non-hydrogen) atoms. The summed E-state index contributed by atoms with van der Waals surface area (Å²) in [6.45, 7) is 1.62. The molecule has 0 saturated heterocycles. The number of carbonyl (C=O) groups excluding carboxylic acids is 1. The van der Waals surface area contributed by atoms with Gasteiger partial charge in [-0.1, -0.05) is 18.2 Å². The zero-order chi connectivity index (χ0) is 27.8. The van der Waals surface area contributed by atoms with E-state index in [1.165, 1.54) is 7.11 Å². The Morgan fingerprint density at radius 2 is 1.88 bits per heavy atom. The highest BCUT2D eigenvalue weighted by Crippen LogP contribution is 2.45. The highest BCUT2D eigenvalue weighted by atomic mass is 32.1. The van der Waals surface area contributed by atoms with Gasteiger partial charge in [0.15, 0.2) is 12.2 Å². The van der Waals surface area contributed by atoms with Crippen molar-refractivity contribution >= 4 is 56.8 Å². The molecule has 3 aromatic carbocycles. The molecule has 0 saturated carbocycles. The van der Waals surface area contributed by atoms with Gasteiger partial charge >= 0.3 is 11.9 Å². The molecular weight excluding hydrogens is 534 g/mol. The van der Waals surface area contributed by atoms with Crippen LogP contribution in [0.5, 0.6) is 11.5 Å². The Hall–Kier alpha value is -4.90. The molecule has 0 spiro atoms. The van der Waals surface area contributed by atoms with E-state index < -0.39 is 18.5 Å². The Kier molecular flexibility index (Phi) is 6.56. The lowest BCUT2D eigenvalue weighted by molar-refractivity contribution is -0.139. The third-order valence-corrected chi connectivity index (χ3v) is 7.07. The lowest BCUT2D eigenvalue weighted by Crippen LogP contribution is -2.15. The number of fused-ring (bicyclic) bond motifs is 4. The number of para-hydroxylation sites is 1. The van der Waals surface area contributed by atoms with Crippen LogP contribution in [-0.2, 0) is 16.1 Å². The van der Waals surface area contributed by atoms with Gasteiger partial charge in [0.1, 0.15) is 33.8 Å². The van der Waals surface area contributed by atoms with E-state index in [4.69, 9.17) is 18.6 Å². The maximum absolute atomic E-state index is 13.7. The molecule has 6 aromatic rings. The third-order valence-electron chi connectivity index (χ3n) is 6.51. The van der Waals surface area contributed by atoms with Gasteiger partial charge in [-0.15, -0.1) is 0 Å². The Morgan fingerprint density at radius 3 is 2.67 bits per heavy atom. The molecule has 0 atom stereocenters.